The lowest BCUT2D eigenvalue weighted by atomic mass is 9.90. The SMILES string of the molecule is CC.CN[C@](CN1Cc2ccc(O)cc2C1=O)(C(=O)NC=O)c1cnn(C(C)C)c1. The van der Waals surface area contributed by atoms with Crippen LogP contribution in [0.15, 0.2) is 30.6 Å². The van der Waals surface area contributed by atoms with Crippen molar-refractivity contribution in [1.82, 2.24) is 25.3 Å². The van der Waals surface area contributed by atoms with Crippen molar-refractivity contribution < 1.29 is 19.5 Å². The number of nitrogens with one attached hydrogen (secondary N) is 2. The summed E-state index contributed by atoms with van der Waals surface area (Å²) in [7, 11) is 1.59. The molecule has 0 bridgehead atoms. The fourth-order valence-electron chi connectivity index (χ4n) is 3.41. The standard InChI is InChI=1S/C19H23N5O4.C2H6/c1-12(2)24-9-14(7-22-24)19(20-3,18(28)21-11-25)10-23-8-13-4-5-15(26)6-16(13)17(23)27;1-2/h4-7,9,11-12,20,26H,8,10H2,1-3H3,(H,21,25,28);1-2H3/t19-;/m0./s1. The van der Waals surface area contributed by atoms with E-state index < -0.39 is 11.4 Å². The third-order valence-electron chi connectivity index (χ3n) is 5.03. The number of nitrogens with zero attached hydrogens (tertiary/aromatic N) is 3. The molecule has 2 aromatic rings. The number of aromatic nitrogens is 2. The molecule has 1 aliphatic rings. The van der Waals surface area contributed by atoms with Gasteiger partial charge in [-0.3, -0.25) is 24.4 Å². The van der Waals surface area contributed by atoms with Crippen molar-refractivity contribution in [3.8, 4) is 5.75 Å². The predicted octanol–water partition coefficient (Wildman–Crippen LogP) is 1.54. The quantitative estimate of drug-likeness (QED) is 0.591. The molecule has 0 saturated carbocycles. The van der Waals surface area contributed by atoms with Gasteiger partial charge < -0.3 is 15.3 Å². The molecule has 3 amide bonds. The Morgan fingerprint density at radius 2 is 2.07 bits per heavy atom. The second-order valence-electron chi connectivity index (χ2n) is 7.05. The Kier molecular flexibility index (Phi) is 7.33. The van der Waals surface area contributed by atoms with Crippen LogP contribution in [0.3, 0.4) is 0 Å². The van der Waals surface area contributed by atoms with Gasteiger partial charge in [-0.1, -0.05) is 19.9 Å². The van der Waals surface area contributed by atoms with Gasteiger partial charge in [-0.2, -0.15) is 5.10 Å². The Bertz CT molecular complexity index is 924. The highest BCUT2D eigenvalue weighted by atomic mass is 16.3. The van der Waals surface area contributed by atoms with E-state index in [1.807, 2.05) is 27.7 Å². The van der Waals surface area contributed by atoms with Gasteiger partial charge in [0.1, 0.15) is 11.3 Å². The number of hydrogen-bond acceptors (Lipinski definition) is 6. The third-order valence-corrected chi connectivity index (χ3v) is 5.03. The molecule has 1 atom stereocenters. The van der Waals surface area contributed by atoms with Crippen LogP contribution in [0.25, 0.3) is 0 Å². The number of amides is 3. The van der Waals surface area contributed by atoms with Crippen molar-refractivity contribution in [2.45, 2.75) is 45.8 Å². The average Bonchev–Trinajstić information content (AvgIpc) is 3.34. The number of benzene rings is 1. The van der Waals surface area contributed by atoms with Gasteiger partial charge in [-0.05, 0) is 38.6 Å². The molecular weight excluding hydrogens is 386 g/mol. The van der Waals surface area contributed by atoms with Crippen molar-refractivity contribution in [3.63, 3.8) is 0 Å². The van der Waals surface area contributed by atoms with Gasteiger partial charge in [0.2, 0.25) is 6.41 Å². The monoisotopic (exact) mass is 415 g/mol. The van der Waals surface area contributed by atoms with E-state index in [2.05, 4.69) is 15.7 Å². The minimum Gasteiger partial charge on any atom is -0.508 e. The summed E-state index contributed by atoms with van der Waals surface area (Å²) in [4.78, 5) is 38.2. The van der Waals surface area contributed by atoms with Crippen molar-refractivity contribution in [3.05, 3.63) is 47.3 Å². The Hall–Kier alpha value is -3.20. The number of carbonyl (C=O) groups is 3. The van der Waals surface area contributed by atoms with Crippen molar-refractivity contribution in [1.29, 1.82) is 0 Å². The van der Waals surface area contributed by atoms with Gasteiger partial charge >= 0.3 is 0 Å². The summed E-state index contributed by atoms with van der Waals surface area (Å²) in [5, 5.41) is 19.1. The Balaban J connectivity index is 0.00000155. The molecule has 0 radical (unpaired) electrons. The molecule has 1 aromatic carbocycles. The van der Waals surface area contributed by atoms with Crippen LogP contribution in [-0.2, 0) is 21.7 Å². The highest BCUT2D eigenvalue weighted by molar-refractivity contribution is 6.00. The molecule has 9 nitrogen and oxygen atoms in total. The fourth-order valence-corrected chi connectivity index (χ4v) is 3.41. The number of hydrogen-bond donors (Lipinski definition) is 3. The molecule has 1 aromatic heterocycles. The zero-order valence-corrected chi connectivity index (χ0v) is 18.0. The van der Waals surface area contributed by atoms with E-state index in [1.165, 1.54) is 17.0 Å². The van der Waals surface area contributed by atoms with E-state index in [9.17, 15) is 19.5 Å². The van der Waals surface area contributed by atoms with Crippen molar-refractivity contribution >= 4 is 18.2 Å². The Labute approximate surface area is 176 Å². The topological polar surface area (TPSA) is 117 Å². The average molecular weight is 415 g/mol. The minimum absolute atomic E-state index is 0.00531. The van der Waals surface area contributed by atoms with Crippen LogP contribution in [0.4, 0.5) is 0 Å². The summed E-state index contributed by atoms with van der Waals surface area (Å²) in [6, 6.07) is 4.71. The van der Waals surface area contributed by atoms with Crippen molar-refractivity contribution in [2.75, 3.05) is 13.6 Å². The molecular formula is C21H29N5O4. The summed E-state index contributed by atoms with van der Waals surface area (Å²) in [6.45, 7) is 8.19. The maximum atomic E-state index is 12.9. The lowest BCUT2D eigenvalue weighted by Crippen LogP contribution is -2.59. The molecule has 3 N–H and O–H groups in total. The first-order valence-electron chi connectivity index (χ1n) is 9.91. The summed E-state index contributed by atoms with van der Waals surface area (Å²) in [6.07, 6.45) is 3.60. The second kappa shape index (κ2) is 9.53. The number of rotatable bonds is 7. The summed E-state index contributed by atoms with van der Waals surface area (Å²) < 4.78 is 1.70. The van der Waals surface area contributed by atoms with Gasteiger partial charge in [0.15, 0.2) is 0 Å². The van der Waals surface area contributed by atoms with Crippen molar-refractivity contribution in [2.24, 2.45) is 0 Å². The van der Waals surface area contributed by atoms with E-state index in [1.54, 1.807) is 30.2 Å². The molecule has 0 saturated heterocycles. The number of imide groups is 1. The maximum Gasteiger partial charge on any atom is 0.254 e. The van der Waals surface area contributed by atoms with E-state index in [0.717, 1.165) is 5.56 Å². The lowest BCUT2D eigenvalue weighted by molar-refractivity contribution is -0.131. The molecule has 3 rings (SSSR count). The summed E-state index contributed by atoms with van der Waals surface area (Å²) in [5.74, 6) is -0.869. The molecule has 30 heavy (non-hydrogen) atoms. The number of likely N-dealkylation sites (N-methyl/N-ethyl adjacent to an activating group) is 1. The van der Waals surface area contributed by atoms with Crippen LogP contribution in [-0.4, -0.2) is 51.6 Å². The van der Waals surface area contributed by atoms with Gasteiger partial charge in [-0.15, -0.1) is 0 Å². The zero-order valence-electron chi connectivity index (χ0n) is 18.0. The second-order valence-corrected chi connectivity index (χ2v) is 7.05. The molecule has 0 spiro atoms. The van der Waals surface area contributed by atoms with Crippen LogP contribution >= 0.6 is 0 Å². The summed E-state index contributed by atoms with van der Waals surface area (Å²) >= 11 is 0. The van der Waals surface area contributed by atoms with Crippen LogP contribution in [0.2, 0.25) is 0 Å². The number of aromatic hydroxyl groups is 1. The largest absolute Gasteiger partial charge is 0.508 e. The molecule has 162 valence electrons. The highest BCUT2D eigenvalue weighted by Gasteiger charge is 2.44. The molecule has 0 aliphatic carbocycles. The number of fused-ring (bicyclic) bond motifs is 1. The summed E-state index contributed by atoms with van der Waals surface area (Å²) in [5.41, 5.74) is 0.336. The molecule has 0 fully saturated rings. The number of phenols is 1. The number of phenolic OH excluding ortho intramolecular Hbond substituents is 1. The normalized spacial score (nSPS) is 14.6. The van der Waals surface area contributed by atoms with Gasteiger partial charge in [0.25, 0.3) is 11.8 Å². The van der Waals surface area contributed by atoms with E-state index in [0.29, 0.717) is 24.1 Å². The van der Waals surface area contributed by atoms with E-state index in [-0.39, 0.29) is 24.2 Å². The first kappa shape index (κ1) is 23.1. The smallest absolute Gasteiger partial charge is 0.254 e. The number of carbonyl (C=O) groups excluding carboxylic acids is 3. The van der Waals surface area contributed by atoms with Gasteiger partial charge in [-0.25, -0.2) is 0 Å². The van der Waals surface area contributed by atoms with Crippen LogP contribution in [0.1, 0.15) is 55.2 Å². The first-order chi connectivity index (χ1) is 14.3. The molecule has 0 unspecified atom stereocenters. The minimum atomic E-state index is -1.37. The zero-order chi connectivity index (χ0) is 22.5. The first-order valence-corrected chi connectivity index (χ1v) is 9.91. The lowest BCUT2D eigenvalue weighted by Gasteiger charge is -2.34. The fraction of sp³-hybridized carbons (Fsp3) is 0.429. The van der Waals surface area contributed by atoms with Crippen LogP contribution in [0.5, 0.6) is 5.75 Å². The van der Waals surface area contributed by atoms with Crippen LogP contribution in [0, 0.1) is 0 Å². The van der Waals surface area contributed by atoms with Crippen LogP contribution < -0.4 is 10.6 Å². The Morgan fingerprint density at radius 3 is 2.63 bits per heavy atom. The molecule has 2 heterocycles. The third kappa shape index (κ3) is 4.20. The van der Waals surface area contributed by atoms with E-state index in [4.69, 9.17) is 0 Å². The van der Waals surface area contributed by atoms with Gasteiger partial charge in [0.05, 0.1) is 12.7 Å². The molecule has 9 heteroatoms. The van der Waals surface area contributed by atoms with Gasteiger partial charge in [0, 0.05) is 29.9 Å². The highest BCUT2D eigenvalue weighted by Crippen LogP contribution is 2.30. The van der Waals surface area contributed by atoms with E-state index >= 15 is 0 Å². The predicted molar refractivity (Wildman–Crippen MR) is 112 cm³/mol. The Morgan fingerprint density at radius 1 is 1.37 bits per heavy atom. The maximum absolute atomic E-state index is 12.9. The molecule has 1 aliphatic heterocycles.